The summed E-state index contributed by atoms with van der Waals surface area (Å²) in [4.78, 5) is 16.4. The van der Waals surface area contributed by atoms with Crippen LogP contribution in [0.25, 0.3) is 11.1 Å². The number of halogens is 1. The van der Waals surface area contributed by atoms with Crippen LogP contribution in [0.15, 0.2) is 36.4 Å². The number of carbonyl (C=O) groups excluding carboxylic acids is 1. The average molecular weight is 378 g/mol. The summed E-state index contributed by atoms with van der Waals surface area (Å²) in [5.74, 6) is -0.198. The van der Waals surface area contributed by atoms with Gasteiger partial charge in [-0.05, 0) is 65.9 Å². The van der Waals surface area contributed by atoms with Gasteiger partial charge in [0.25, 0.3) is 0 Å². The van der Waals surface area contributed by atoms with E-state index in [-0.39, 0.29) is 17.6 Å². The van der Waals surface area contributed by atoms with Crippen LogP contribution >= 0.6 is 0 Å². The lowest BCUT2D eigenvalue weighted by molar-refractivity contribution is -0.122. The summed E-state index contributed by atoms with van der Waals surface area (Å²) in [5.41, 5.74) is 4.76. The van der Waals surface area contributed by atoms with Crippen LogP contribution in [-0.4, -0.2) is 30.9 Å². The van der Waals surface area contributed by atoms with Crippen molar-refractivity contribution in [3.63, 3.8) is 0 Å². The van der Waals surface area contributed by atoms with Crippen LogP contribution in [0.5, 0.6) is 0 Å². The molecule has 0 radical (unpaired) electrons. The Balaban J connectivity index is 1.72. The maximum Gasteiger partial charge on any atom is 0.231 e. The molecule has 144 valence electrons. The van der Waals surface area contributed by atoms with Crippen LogP contribution in [-0.2, 0) is 17.9 Å². The minimum atomic E-state index is -0.285. The van der Waals surface area contributed by atoms with Crippen LogP contribution in [0.2, 0.25) is 0 Å². The van der Waals surface area contributed by atoms with Gasteiger partial charge in [-0.25, -0.2) is 4.39 Å². The number of nitrogens with one attached hydrogen (secondary N) is 1. The number of benzene rings is 2. The first kappa shape index (κ1) is 18.5. The fourth-order valence-electron chi connectivity index (χ4n) is 4.11. The molecular weight excluding hydrogens is 355 g/mol. The van der Waals surface area contributed by atoms with E-state index in [4.69, 9.17) is 0 Å². The minimum Gasteiger partial charge on any atom is -0.316 e. The molecule has 0 saturated carbocycles. The fraction of sp³-hybridized carbons (Fsp3) is 0.364. The molecule has 0 aromatic heterocycles. The Bertz CT molecular complexity index is 929. The van der Waals surface area contributed by atoms with E-state index in [0.717, 1.165) is 47.3 Å². The van der Waals surface area contributed by atoms with Gasteiger partial charge in [-0.15, -0.1) is 0 Å². The topological polar surface area (TPSA) is 59.4 Å². The molecular formula is C22H23FN4O. The summed E-state index contributed by atoms with van der Waals surface area (Å²) in [6, 6.07) is 10.4. The van der Waals surface area contributed by atoms with E-state index in [1.807, 2.05) is 19.2 Å². The number of nitrogens with zero attached hydrogens (tertiary/aromatic N) is 3. The first-order valence-corrected chi connectivity index (χ1v) is 9.61. The van der Waals surface area contributed by atoms with E-state index in [2.05, 4.69) is 11.5 Å². The number of amides is 1. The number of hydrogen-bond acceptors (Lipinski definition) is 4. The third-order valence-corrected chi connectivity index (χ3v) is 5.70. The minimum absolute atomic E-state index is 0.0168. The SMILES string of the molecule is CN(C(=O)[C@@H]1CCCNC1)c1cc2c(c(-c3ccc(F)cc3)c1)CN(C#N)C2. The molecule has 1 saturated heterocycles. The summed E-state index contributed by atoms with van der Waals surface area (Å²) < 4.78 is 13.4. The van der Waals surface area contributed by atoms with E-state index < -0.39 is 0 Å². The number of nitriles is 1. The van der Waals surface area contributed by atoms with Gasteiger partial charge < -0.3 is 15.1 Å². The maximum atomic E-state index is 13.4. The first-order chi connectivity index (χ1) is 13.6. The summed E-state index contributed by atoms with van der Waals surface area (Å²) in [6.45, 7) is 2.73. The number of carbonyl (C=O) groups is 1. The van der Waals surface area contributed by atoms with E-state index in [1.54, 1.807) is 21.9 Å². The van der Waals surface area contributed by atoms with Crippen molar-refractivity contribution in [2.75, 3.05) is 25.0 Å². The van der Waals surface area contributed by atoms with Crippen molar-refractivity contribution in [3.8, 4) is 17.3 Å². The van der Waals surface area contributed by atoms with Gasteiger partial charge in [0, 0.05) is 19.3 Å². The van der Waals surface area contributed by atoms with E-state index in [9.17, 15) is 14.4 Å². The van der Waals surface area contributed by atoms with Crippen LogP contribution in [0.4, 0.5) is 10.1 Å². The molecule has 0 bridgehead atoms. The molecule has 2 aliphatic heterocycles. The maximum absolute atomic E-state index is 13.4. The van der Waals surface area contributed by atoms with Gasteiger partial charge >= 0.3 is 0 Å². The molecule has 2 aromatic carbocycles. The molecule has 1 N–H and O–H groups in total. The van der Waals surface area contributed by atoms with E-state index in [0.29, 0.717) is 19.6 Å². The largest absolute Gasteiger partial charge is 0.316 e. The fourth-order valence-corrected chi connectivity index (χ4v) is 4.11. The molecule has 1 atom stereocenters. The zero-order valence-electron chi connectivity index (χ0n) is 15.9. The normalized spacial score (nSPS) is 18.5. The highest BCUT2D eigenvalue weighted by molar-refractivity contribution is 5.96. The van der Waals surface area contributed by atoms with Crippen molar-refractivity contribution in [3.05, 3.63) is 53.3 Å². The summed E-state index contributed by atoms with van der Waals surface area (Å²) >= 11 is 0. The van der Waals surface area contributed by atoms with Crippen LogP contribution in [0.3, 0.4) is 0 Å². The molecule has 1 amide bonds. The number of fused-ring (bicyclic) bond motifs is 1. The zero-order chi connectivity index (χ0) is 19.7. The van der Waals surface area contributed by atoms with Crippen molar-refractivity contribution < 1.29 is 9.18 Å². The van der Waals surface area contributed by atoms with E-state index >= 15 is 0 Å². The smallest absolute Gasteiger partial charge is 0.231 e. The monoisotopic (exact) mass is 378 g/mol. The molecule has 0 aliphatic carbocycles. The lowest BCUT2D eigenvalue weighted by atomic mass is 9.94. The number of rotatable bonds is 3. The van der Waals surface area contributed by atoms with Crippen molar-refractivity contribution in [2.45, 2.75) is 25.9 Å². The summed E-state index contributed by atoms with van der Waals surface area (Å²) in [6.07, 6.45) is 4.11. The molecule has 2 heterocycles. The Morgan fingerprint density at radius 3 is 2.75 bits per heavy atom. The first-order valence-electron chi connectivity index (χ1n) is 9.61. The average Bonchev–Trinajstić information content (AvgIpc) is 3.16. The highest BCUT2D eigenvalue weighted by atomic mass is 19.1. The van der Waals surface area contributed by atoms with Gasteiger partial charge in [0.1, 0.15) is 5.82 Å². The van der Waals surface area contributed by atoms with Gasteiger partial charge in [-0.2, -0.15) is 5.26 Å². The van der Waals surface area contributed by atoms with Crippen molar-refractivity contribution in [1.82, 2.24) is 10.2 Å². The highest BCUT2D eigenvalue weighted by Gasteiger charge is 2.28. The second-order valence-electron chi connectivity index (χ2n) is 7.53. The highest BCUT2D eigenvalue weighted by Crippen LogP contribution is 2.37. The molecule has 1 fully saturated rings. The van der Waals surface area contributed by atoms with E-state index in [1.165, 1.54) is 12.1 Å². The van der Waals surface area contributed by atoms with Crippen LogP contribution in [0, 0.1) is 23.2 Å². The Kier molecular flexibility index (Phi) is 5.01. The number of anilines is 1. The third kappa shape index (κ3) is 3.46. The van der Waals surface area contributed by atoms with Crippen molar-refractivity contribution in [2.24, 2.45) is 5.92 Å². The van der Waals surface area contributed by atoms with Gasteiger partial charge in [-0.1, -0.05) is 12.1 Å². The Labute approximate surface area is 164 Å². The molecule has 4 rings (SSSR count). The van der Waals surface area contributed by atoms with Crippen LogP contribution in [0.1, 0.15) is 24.0 Å². The van der Waals surface area contributed by atoms with Crippen molar-refractivity contribution >= 4 is 11.6 Å². The Morgan fingerprint density at radius 1 is 1.29 bits per heavy atom. The van der Waals surface area contributed by atoms with Gasteiger partial charge in [-0.3, -0.25) is 4.79 Å². The molecule has 0 unspecified atom stereocenters. The van der Waals surface area contributed by atoms with Crippen LogP contribution < -0.4 is 10.2 Å². The lowest BCUT2D eigenvalue weighted by Gasteiger charge is -2.28. The summed E-state index contributed by atoms with van der Waals surface area (Å²) in [5, 5.41) is 12.6. The number of hydrogen-bond donors (Lipinski definition) is 1. The molecule has 2 aliphatic rings. The zero-order valence-corrected chi connectivity index (χ0v) is 15.9. The summed E-state index contributed by atoms with van der Waals surface area (Å²) in [7, 11) is 1.81. The predicted molar refractivity (Wildman–Crippen MR) is 106 cm³/mol. The quantitative estimate of drug-likeness (QED) is 0.833. The predicted octanol–water partition coefficient (Wildman–Crippen LogP) is 3.25. The standard InChI is InChI=1S/C22H23FN4O/c1-26(22(28)16-3-2-8-25-11-16)19-9-17-12-27(14-24)13-21(17)20(10-19)15-4-6-18(23)7-5-15/h4-7,9-10,16,25H,2-3,8,11-13H2,1H3/t16-/m1/s1. The second-order valence-corrected chi connectivity index (χ2v) is 7.53. The molecule has 2 aromatic rings. The van der Waals surface area contributed by atoms with Gasteiger partial charge in [0.15, 0.2) is 6.19 Å². The van der Waals surface area contributed by atoms with Gasteiger partial charge in [0.05, 0.1) is 19.0 Å². The Morgan fingerprint density at radius 2 is 2.07 bits per heavy atom. The third-order valence-electron chi connectivity index (χ3n) is 5.70. The Hall–Kier alpha value is -2.91. The lowest BCUT2D eigenvalue weighted by Crippen LogP contribution is -2.41. The molecule has 28 heavy (non-hydrogen) atoms. The molecule has 0 spiro atoms. The molecule has 5 nitrogen and oxygen atoms in total. The molecule has 6 heteroatoms. The number of piperidine rings is 1. The second kappa shape index (κ2) is 7.61. The van der Waals surface area contributed by atoms with Crippen molar-refractivity contribution in [1.29, 1.82) is 5.26 Å². The van der Waals surface area contributed by atoms with Gasteiger partial charge in [0.2, 0.25) is 5.91 Å².